The van der Waals surface area contributed by atoms with Gasteiger partial charge in [-0.05, 0) is 43.5 Å². The number of pyridine rings is 1. The van der Waals surface area contributed by atoms with E-state index in [0.717, 1.165) is 16.8 Å². The van der Waals surface area contributed by atoms with E-state index in [2.05, 4.69) is 30.6 Å². The highest BCUT2D eigenvalue weighted by Crippen LogP contribution is 2.14. The molecule has 1 heterocycles. The molecule has 1 amide bonds. The van der Waals surface area contributed by atoms with Gasteiger partial charge in [0.1, 0.15) is 0 Å². The van der Waals surface area contributed by atoms with Gasteiger partial charge in [-0.15, -0.1) is 6.58 Å². The molecule has 0 N–H and O–H groups in total. The molecule has 0 bridgehead atoms. The zero-order valence-corrected chi connectivity index (χ0v) is 13.5. The van der Waals surface area contributed by atoms with E-state index in [4.69, 9.17) is 0 Å². The second kappa shape index (κ2) is 7.03. The number of rotatable bonds is 5. The third-order valence-corrected chi connectivity index (χ3v) is 3.85. The van der Waals surface area contributed by atoms with Crippen LogP contribution in [0, 0.1) is 20.8 Å². The Kier molecular flexibility index (Phi) is 5.10. The number of aromatic nitrogens is 1. The van der Waals surface area contributed by atoms with E-state index in [9.17, 15) is 4.79 Å². The summed E-state index contributed by atoms with van der Waals surface area (Å²) < 4.78 is 0. The maximum absolute atomic E-state index is 12.8. The SMILES string of the molecule is C=CCN(Cc1ccccc1C)C(=O)c1cnc(C)c(C)c1. The van der Waals surface area contributed by atoms with Crippen molar-refractivity contribution >= 4 is 5.91 Å². The van der Waals surface area contributed by atoms with Crippen LogP contribution in [0.15, 0.2) is 49.2 Å². The number of hydrogen-bond acceptors (Lipinski definition) is 2. The summed E-state index contributed by atoms with van der Waals surface area (Å²) >= 11 is 0. The van der Waals surface area contributed by atoms with E-state index >= 15 is 0 Å². The number of hydrogen-bond donors (Lipinski definition) is 0. The molecule has 1 aromatic heterocycles. The predicted molar refractivity (Wildman–Crippen MR) is 89.8 cm³/mol. The Morgan fingerprint density at radius 1 is 1.23 bits per heavy atom. The summed E-state index contributed by atoms with van der Waals surface area (Å²) in [5, 5.41) is 0. The molecule has 0 saturated carbocycles. The molecule has 0 aliphatic carbocycles. The van der Waals surface area contributed by atoms with Gasteiger partial charge in [-0.2, -0.15) is 0 Å². The van der Waals surface area contributed by atoms with Gasteiger partial charge in [0.05, 0.1) is 5.56 Å². The molecule has 114 valence electrons. The lowest BCUT2D eigenvalue weighted by atomic mass is 10.1. The standard InChI is InChI=1S/C19H22N2O/c1-5-10-21(13-17-9-7-6-8-14(17)2)19(22)18-11-15(3)16(4)20-12-18/h5-9,11-12H,1,10,13H2,2-4H3. The summed E-state index contributed by atoms with van der Waals surface area (Å²) in [5.41, 5.74) is 4.93. The van der Waals surface area contributed by atoms with E-state index in [1.807, 2.05) is 32.0 Å². The van der Waals surface area contributed by atoms with E-state index in [1.165, 1.54) is 5.56 Å². The predicted octanol–water partition coefficient (Wildman–Crippen LogP) is 3.84. The Hall–Kier alpha value is -2.42. The third-order valence-electron chi connectivity index (χ3n) is 3.85. The molecule has 0 spiro atoms. The van der Waals surface area contributed by atoms with Crippen molar-refractivity contribution in [2.45, 2.75) is 27.3 Å². The molecular weight excluding hydrogens is 272 g/mol. The normalized spacial score (nSPS) is 10.3. The molecule has 0 aliphatic heterocycles. The van der Waals surface area contributed by atoms with Crippen molar-refractivity contribution in [2.24, 2.45) is 0 Å². The minimum Gasteiger partial charge on any atom is -0.331 e. The van der Waals surface area contributed by atoms with Crippen molar-refractivity contribution in [3.8, 4) is 0 Å². The quantitative estimate of drug-likeness (QED) is 0.785. The summed E-state index contributed by atoms with van der Waals surface area (Å²) in [6, 6.07) is 10.0. The largest absolute Gasteiger partial charge is 0.331 e. The van der Waals surface area contributed by atoms with Gasteiger partial charge in [0.2, 0.25) is 0 Å². The second-order valence-electron chi connectivity index (χ2n) is 5.53. The van der Waals surface area contributed by atoms with E-state index in [0.29, 0.717) is 18.7 Å². The number of carbonyl (C=O) groups is 1. The van der Waals surface area contributed by atoms with Crippen molar-refractivity contribution in [3.63, 3.8) is 0 Å². The van der Waals surface area contributed by atoms with E-state index < -0.39 is 0 Å². The van der Waals surface area contributed by atoms with Crippen LogP contribution >= 0.6 is 0 Å². The Balaban J connectivity index is 2.27. The molecule has 3 nitrogen and oxygen atoms in total. The Bertz CT molecular complexity index is 692. The zero-order valence-electron chi connectivity index (χ0n) is 13.5. The molecule has 0 radical (unpaired) electrons. The smallest absolute Gasteiger partial charge is 0.256 e. The van der Waals surface area contributed by atoms with Gasteiger partial charge in [-0.1, -0.05) is 30.3 Å². The Labute approximate surface area is 132 Å². The topological polar surface area (TPSA) is 33.2 Å². The van der Waals surface area contributed by atoms with Crippen LogP contribution in [0.3, 0.4) is 0 Å². The average molecular weight is 294 g/mol. The van der Waals surface area contributed by atoms with Crippen LogP contribution in [-0.2, 0) is 6.54 Å². The highest BCUT2D eigenvalue weighted by atomic mass is 16.2. The van der Waals surface area contributed by atoms with Crippen LogP contribution in [0.1, 0.15) is 32.7 Å². The first-order valence-electron chi connectivity index (χ1n) is 7.41. The van der Waals surface area contributed by atoms with E-state index in [1.54, 1.807) is 17.2 Å². The summed E-state index contributed by atoms with van der Waals surface area (Å²) in [7, 11) is 0. The van der Waals surface area contributed by atoms with Gasteiger partial charge < -0.3 is 4.90 Å². The van der Waals surface area contributed by atoms with Crippen LogP contribution in [0.2, 0.25) is 0 Å². The number of benzene rings is 1. The summed E-state index contributed by atoms with van der Waals surface area (Å²) in [4.78, 5) is 18.8. The Morgan fingerprint density at radius 2 is 1.95 bits per heavy atom. The molecule has 22 heavy (non-hydrogen) atoms. The molecule has 2 rings (SSSR count). The van der Waals surface area contributed by atoms with Gasteiger partial charge >= 0.3 is 0 Å². The number of amides is 1. The number of nitrogens with zero attached hydrogens (tertiary/aromatic N) is 2. The molecule has 3 heteroatoms. The zero-order chi connectivity index (χ0) is 16.1. The van der Waals surface area contributed by atoms with E-state index in [-0.39, 0.29) is 5.91 Å². The number of carbonyl (C=O) groups excluding carboxylic acids is 1. The molecule has 0 unspecified atom stereocenters. The lowest BCUT2D eigenvalue weighted by Gasteiger charge is -2.22. The van der Waals surface area contributed by atoms with Crippen LogP contribution in [0.5, 0.6) is 0 Å². The maximum Gasteiger partial charge on any atom is 0.256 e. The average Bonchev–Trinajstić information content (AvgIpc) is 2.51. The fourth-order valence-electron chi connectivity index (χ4n) is 2.31. The minimum atomic E-state index is -0.0150. The van der Waals surface area contributed by atoms with Crippen molar-refractivity contribution < 1.29 is 4.79 Å². The maximum atomic E-state index is 12.8. The molecule has 0 atom stereocenters. The minimum absolute atomic E-state index is 0.0150. The van der Waals surface area contributed by atoms with Gasteiger partial charge in [-0.25, -0.2) is 0 Å². The van der Waals surface area contributed by atoms with Gasteiger partial charge in [0.15, 0.2) is 0 Å². The first-order chi connectivity index (χ1) is 10.5. The van der Waals surface area contributed by atoms with Crippen LogP contribution < -0.4 is 0 Å². The molecule has 0 aliphatic rings. The summed E-state index contributed by atoms with van der Waals surface area (Å²) in [6.07, 6.45) is 3.41. The lowest BCUT2D eigenvalue weighted by Crippen LogP contribution is -2.31. The fourth-order valence-corrected chi connectivity index (χ4v) is 2.31. The second-order valence-corrected chi connectivity index (χ2v) is 5.53. The summed E-state index contributed by atoms with van der Waals surface area (Å²) in [5.74, 6) is -0.0150. The van der Waals surface area contributed by atoms with Crippen molar-refractivity contribution in [1.82, 2.24) is 9.88 Å². The number of aryl methyl sites for hydroxylation is 3. The van der Waals surface area contributed by atoms with Crippen LogP contribution in [0.25, 0.3) is 0 Å². The van der Waals surface area contributed by atoms with Gasteiger partial charge in [0.25, 0.3) is 5.91 Å². The molecular formula is C19H22N2O. The van der Waals surface area contributed by atoms with Crippen molar-refractivity contribution in [2.75, 3.05) is 6.54 Å². The molecule has 0 fully saturated rings. The lowest BCUT2D eigenvalue weighted by molar-refractivity contribution is 0.0762. The highest BCUT2D eigenvalue weighted by Gasteiger charge is 2.16. The Morgan fingerprint density at radius 3 is 2.59 bits per heavy atom. The summed E-state index contributed by atoms with van der Waals surface area (Å²) in [6.45, 7) is 10.8. The molecule has 2 aromatic rings. The van der Waals surface area contributed by atoms with Crippen LogP contribution in [0.4, 0.5) is 0 Å². The van der Waals surface area contributed by atoms with Crippen LogP contribution in [-0.4, -0.2) is 22.3 Å². The van der Waals surface area contributed by atoms with Gasteiger partial charge in [0, 0.05) is 25.0 Å². The molecule has 1 aromatic carbocycles. The van der Waals surface area contributed by atoms with Crippen molar-refractivity contribution in [1.29, 1.82) is 0 Å². The van der Waals surface area contributed by atoms with Gasteiger partial charge in [-0.3, -0.25) is 9.78 Å². The first kappa shape index (κ1) is 16.0. The monoisotopic (exact) mass is 294 g/mol. The fraction of sp³-hybridized carbons (Fsp3) is 0.263. The molecule has 0 saturated heterocycles. The van der Waals surface area contributed by atoms with Crippen molar-refractivity contribution in [3.05, 3.63) is 77.1 Å². The third kappa shape index (κ3) is 3.61. The first-order valence-corrected chi connectivity index (χ1v) is 7.41. The highest BCUT2D eigenvalue weighted by molar-refractivity contribution is 5.94.